The van der Waals surface area contributed by atoms with Gasteiger partial charge in [0.2, 0.25) is 0 Å². The lowest BCUT2D eigenvalue weighted by Crippen LogP contribution is -2.38. The molecule has 5 aromatic rings. The highest BCUT2D eigenvalue weighted by atomic mass is 19.1. The lowest BCUT2D eigenvalue weighted by Gasteiger charge is -2.32. The molecule has 0 atom stereocenters. The number of halogens is 1. The first-order chi connectivity index (χ1) is 20.5. The van der Waals surface area contributed by atoms with E-state index in [9.17, 15) is 14.3 Å². The van der Waals surface area contributed by atoms with Crippen molar-refractivity contribution in [2.45, 2.75) is 45.4 Å². The SMILES string of the molecule is Cc1cccc(COc2ccc(C(=O)N3CCC(c4nc5ccccc5n4Cc4cccc(F)c4)CC3)cc2CO)c1. The van der Waals surface area contributed by atoms with Crippen molar-refractivity contribution < 1.29 is 19.0 Å². The zero-order chi connectivity index (χ0) is 29.1. The zero-order valence-corrected chi connectivity index (χ0v) is 23.7. The molecule has 7 heteroatoms. The smallest absolute Gasteiger partial charge is 0.253 e. The van der Waals surface area contributed by atoms with E-state index >= 15 is 0 Å². The molecule has 1 fully saturated rings. The van der Waals surface area contributed by atoms with E-state index in [0.29, 0.717) is 43.1 Å². The van der Waals surface area contributed by atoms with Crippen molar-refractivity contribution in [3.63, 3.8) is 0 Å². The first-order valence-electron chi connectivity index (χ1n) is 14.4. The second kappa shape index (κ2) is 12.2. The van der Waals surface area contributed by atoms with Crippen LogP contribution in [0.3, 0.4) is 0 Å². The summed E-state index contributed by atoms with van der Waals surface area (Å²) in [4.78, 5) is 20.3. The largest absolute Gasteiger partial charge is 0.489 e. The van der Waals surface area contributed by atoms with Crippen LogP contribution in [-0.4, -0.2) is 38.6 Å². The predicted molar refractivity (Wildman–Crippen MR) is 161 cm³/mol. The fourth-order valence-corrected chi connectivity index (χ4v) is 5.85. The summed E-state index contributed by atoms with van der Waals surface area (Å²) in [6.45, 7) is 3.96. The number of carbonyl (C=O) groups excluding carboxylic acids is 1. The van der Waals surface area contributed by atoms with Gasteiger partial charge >= 0.3 is 0 Å². The summed E-state index contributed by atoms with van der Waals surface area (Å²) >= 11 is 0. The Morgan fingerprint density at radius 3 is 2.52 bits per heavy atom. The maximum absolute atomic E-state index is 13.9. The Kier molecular flexibility index (Phi) is 8.02. The fourth-order valence-electron chi connectivity index (χ4n) is 5.85. The molecular formula is C35H34FN3O3. The van der Waals surface area contributed by atoms with E-state index in [0.717, 1.165) is 46.4 Å². The maximum Gasteiger partial charge on any atom is 0.253 e. The Morgan fingerprint density at radius 2 is 1.74 bits per heavy atom. The van der Waals surface area contributed by atoms with Crippen molar-refractivity contribution in [2.24, 2.45) is 0 Å². The minimum atomic E-state index is -0.250. The predicted octanol–water partition coefficient (Wildman–Crippen LogP) is 6.62. The van der Waals surface area contributed by atoms with Crippen molar-refractivity contribution in [3.8, 4) is 5.75 Å². The number of fused-ring (bicyclic) bond motifs is 1. The van der Waals surface area contributed by atoms with Crippen LogP contribution in [0.2, 0.25) is 0 Å². The van der Waals surface area contributed by atoms with Crippen molar-refractivity contribution >= 4 is 16.9 Å². The summed E-state index contributed by atoms with van der Waals surface area (Å²) in [5, 5.41) is 10.0. The average Bonchev–Trinajstić information content (AvgIpc) is 3.38. The molecule has 214 valence electrons. The van der Waals surface area contributed by atoms with Crippen molar-refractivity contribution in [3.05, 3.63) is 130 Å². The highest BCUT2D eigenvalue weighted by Gasteiger charge is 2.28. The molecule has 6 rings (SSSR count). The monoisotopic (exact) mass is 563 g/mol. The van der Waals surface area contributed by atoms with Gasteiger partial charge in [0.15, 0.2) is 0 Å². The van der Waals surface area contributed by atoms with Gasteiger partial charge in [-0.3, -0.25) is 4.79 Å². The molecule has 1 aliphatic rings. The number of amides is 1. The Morgan fingerprint density at radius 1 is 0.952 bits per heavy atom. The molecule has 42 heavy (non-hydrogen) atoms. The Hall–Kier alpha value is -4.49. The first-order valence-corrected chi connectivity index (χ1v) is 14.4. The number of ether oxygens (including phenoxy) is 1. The molecule has 1 aromatic heterocycles. The molecule has 1 aliphatic heterocycles. The third kappa shape index (κ3) is 5.92. The quantitative estimate of drug-likeness (QED) is 0.230. The molecule has 4 aromatic carbocycles. The highest BCUT2D eigenvalue weighted by Crippen LogP contribution is 2.32. The molecule has 0 aliphatic carbocycles. The third-order valence-corrected chi connectivity index (χ3v) is 8.02. The van der Waals surface area contributed by atoms with E-state index in [1.165, 1.54) is 6.07 Å². The number of nitrogens with zero attached hydrogens (tertiary/aromatic N) is 3. The number of rotatable bonds is 8. The summed E-state index contributed by atoms with van der Waals surface area (Å²) in [6.07, 6.45) is 1.56. The molecule has 2 heterocycles. The number of aromatic nitrogens is 2. The molecule has 0 radical (unpaired) electrons. The summed E-state index contributed by atoms with van der Waals surface area (Å²) in [5.74, 6) is 1.43. The molecule has 0 spiro atoms. The van der Waals surface area contributed by atoms with Crippen molar-refractivity contribution in [2.75, 3.05) is 13.1 Å². The highest BCUT2D eigenvalue weighted by molar-refractivity contribution is 5.94. The number of carbonyl (C=O) groups is 1. The van der Waals surface area contributed by atoms with E-state index in [4.69, 9.17) is 9.72 Å². The van der Waals surface area contributed by atoms with Crippen LogP contribution in [0.5, 0.6) is 5.75 Å². The molecular weight excluding hydrogens is 529 g/mol. The van der Waals surface area contributed by atoms with Gasteiger partial charge in [0, 0.05) is 36.7 Å². The van der Waals surface area contributed by atoms with Crippen molar-refractivity contribution in [1.29, 1.82) is 0 Å². The van der Waals surface area contributed by atoms with Gasteiger partial charge in [-0.2, -0.15) is 0 Å². The lowest BCUT2D eigenvalue weighted by molar-refractivity contribution is 0.0710. The summed E-state index contributed by atoms with van der Waals surface area (Å²) in [6, 6.07) is 28.1. The van der Waals surface area contributed by atoms with Crippen LogP contribution >= 0.6 is 0 Å². The first kappa shape index (κ1) is 27.7. The van der Waals surface area contributed by atoms with Gasteiger partial charge in [-0.05, 0) is 73.4 Å². The van der Waals surface area contributed by atoms with Gasteiger partial charge in [0.25, 0.3) is 5.91 Å². The number of aryl methyl sites for hydroxylation is 1. The third-order valence-electron chi connectivity index (χ3n) is 8.02. The van der Waals surface area contributed by atoms with Crippen LogP contribution in [0.1, 0.15) is 57.2 Å². The minimum Gasteiger partial charge on any atom is -0.489 e. The number of aliphatic hydroxyl groups is 1. The van der Waals surface area contributed by atoms with Crippen LogP contribution in [0, 0.1) is 12.7 Å². The van der Waals surface area contributed by atoms with Crippen molar-refractivity contribution in [1.82, 2.24) is 14.5 Å². The molecule has 0 bridgehead atoms. The molecule has 0 saturated carbocycles. The normalized spacial score (nSPS) is 13.9. The average molecular weight is 564 g/mol. The molecule has 0 unspecified atom stereocenters. The second-order valence-electron chi connectivity index (χ2n) is 11.0. The summed E-state index contributed by atoms with van der Waals surface area (Å²) in [5.41, 5.74) is 6.17. The standard InChI is InChI=1S/C35H34FN3O3/c1-24-6-4-8-26(18-24)23-42-33-13-12-28(20-29(33)22-40)35(41)38-16-14-27(15-17-38)34-37-31-10-2-3-11-32(31)39(34)21-25-7-5-9-30(36)19-25/h2-13,18-20,27,40H,14-17,21-23H2,1H3. The maximum atomic E-state index is 13.9. The van der Waals surface area contributed by atoms with E-state index in [2.05, 4.69) is 16.7 Å². The number of aliphatic hydroxyl groups excluding tert-OH is 1. The number of benzene rings is 4. The van der Waals surface area contributed by atoms with E-state index in [-0.39, 0.29) is 24.2 Å². The van der Waals surface area contributed by atoms with Crippen LogP contribution in [-0.2, 0) is 19.8 Å². The molecule has 1 saturated heterocycles. The number of hydrogen-bond donors (Lipinski definition) is 1. The number of piperidine rings is 1. The summed E-state index contributed by atoms with van der Waals surface area (Å²) in [7, 11) is 0. The van der Waals surface area contributed by atoms with Gasteiger partial charge in [0.1, 0.15) is 24.0 Å². The summed E-state index contributed by atoms with van der Waals surface area (Å²) < 4.78 is 22.1. The minimum absolute atomic E-state index is 0.0540. The second-order valence-corrected chi connectivity index (χ2v) is 11.0. The number of likely N-dealkylation sites (tertiary alicyclic amines) is 1. The van der Waals surface area contributed by atoms with Crippen LogP contribution < -0.4 is 4.74 Å². The Bertz CT molecular complexity index is 1720. The zero-order valence-electron chi connectivity index (χ0n) is 23.7. The molecule has 1 N–H and O–H groups in total. The molecule has 1 amide bonds. The Balaban J connectivity index is 1.15. The van der Waals surface area contributed by atoms with Gasteiger partial charge in [0.05, 0.1) is 17.6 Å². The lowest BCUT2D eigenvalue weighted by atomic mass is 9.95. The van der Waals surface area contributed by atoms with Gasteiger partial charge in [-0.1, -0.05) is 54.1 Å². The Labute approximate surface area is 245 Å². The van der Waals surface area contributed by atoms with E-state index < -0.39 is 0 Å². The molecule has 6 nitrogen and oxygen atoms in total. The van der Waals surface area contributed by atoms with E-state index in [1.54, 1.807) is 30.3 Å². The van der Waals surface area contributed by atoms with Gasteiger partial charge in [-0.25, -0.2) is 9.37 Å². The van der Waals surface area contributed by atoms with Crippen LogP contribution in [0.4, 0.5) is 4.39 Å². The number of para-hydroxylation sites is 2. The van der Waals surface area contributed by atoms with Crippen LogP contribution in [0.15, 0.2) is 91.0 Å². The topological polar surface area (TPSA) is 67.6 Å². The van der Waals surface area contributed by atoms with E-state index in [1.807, 2.05) is 54.3 Å². The van der Waals surface area contributed by atoms with Crippen LogP contribution in [0.25, 0.3) is 11.0 Å². The van der Waals surface area contributed by atoms with Gasteiger partial charge < -0.3 is 19.3 Å². The fraction of sp³-hybridized carbons (Fsp3) is 0.257. The number of imidazole rings is 1. The van der Waals surface area contributed by atoms with Gasteiger partial charge in [-0.15, -0.1) is 0 Å². The number of hydrogen-bond acceptors (Lipinski definition) is 4.